The van der Waals surface area contributed by atoms with E-state index in [1.807, 2.05) is 6.92 Å². The van der Waals surface area contributed by atoms with Crippen molar-refractivity contribution in [2.75, 3.05) is 20.1 Å². The summed E-state index contributed by atoms with van der Waals surface area (Å²) in [5, 5.41) is 0. The van der Waals surface area contributed by atoms with Crippen LogP contribution < -0.4 is 5.73 Å². The fourth-order valence-electron chi connectivity index (χ4n) is 1.80. The molecule has 0 aliphatic carbocycles. The molecule has 0 aromatic heterocycles. The van der Waals surface area contributed by atoms with Crippen LogP contribution >= 0.6 is 15.9 Å². The highest BCUT2D eigenvalue weighted by Gasteiger charge is 2.04. The summed E-state index contributed by atoms with van der Waals surface area (Å²) < 4.78 is 1.16. The molecular weight excluding hydrogens is 264 g/mol. The molecule has 1 aromatic rings. The Bertz CT molecular complexity index is 337. The summed E-state index contributed by atoms with van der Waals surface area (Å²) in [7, 11) is 2.12. The SMILES string of the molecule is Cc1ccc(Br)cc1CCN(C)CC(C)N. The van der Waals surface area contributed by atoms with Gasteiger partial charge in [-0.05, 0) is 50.6 Å². The Morgan fingerprint density at radius 1 is 1.44 bits per heavy atom. The molecule has 90 valence electrons. The van der Waals surface area contributed by atoms with E-state index < -0.39 is 0 Å². The third-order valence-corrected chi connectivity index (χ3v) is 3.17. The standard InChI is InChI=1S/C13H21BrN2/c1-10-4-5-13(14)8-12(10)6-7-16(3)9-11(2)15/h4-5,8,11H,6-7,9,15H2,1-3H3. The lowest BCUT2D eigenvalue weighted by Gasteiger charge is -2.19. The minimum absolute atomic E-state index is 0.244. The van der Waals surface area contributed by atoms with Crippen molar-refractivity contribution in [3.63, 3.8) is 0 Å². The van der Waals surface area contributed by atoms with Crippen molar-refractivity contribution in [1.29, 1.82) is 0 Å². The van der Waals surface area contributed by atoms with Gasteiger partial charge in [-0.15, -0.1) is 0 Å². The fraction of sp³-hybridized carbons (Fsp3) is 0.538. The van der Waals surface area contributed by atoms with Gasteiger partial charge in [0.05, 0.1) is 0 Å². The Hall–Kier alpha value is -0.380. The lowest BCUT2D eigenvalue weighted by Crippen LogP contribution is -2.34. The molecule has 0 amide bonds. The molecule has 1 rings (SSSR count). The summed E-state index contributed by atoms with van der Waals surface area (Å²) in [6.07, 6.45) is 1.08. The number of nitrogens with zero attached hydrogens (tertiary/aromatic N) is 1. The molecular formula is C13H21BrN2. The van der Waals surface area contributed by atoms with Gasteiger partial charge in [0.2, 0.25) is 0 Å². The van der Waals surface area contributed by atoms with E-state index in [9.17, 15) is 0 Å². The van der Waals surface area contributed by atoms with Crippen molar-refractivity contribution in [2.45, 2.75) is 26.3 Å². The van der Waals surface area contributed by atoms with E-state index in [-0.39, 0.29) is 6.04 Å². The topological polar surface area (TPSA) is 29.3 Å². The molecule has 0 radical (unpaired) electrons. The van der Waals surface area contributed by atoms with Gasteiger partial charge in [-0.2, -0.15) is 0 Å². The molecule has 3 heteroatoms. The molecule has 2 N–H and O–H groups in total. The van der Waals surface area contributed by atoms with Crippen molar-refractivity contribution in [3.8, 4) is 0 Å². The lowest BCUT2D eigenvalue weighted by atomic mass is 10.1. The second kappa shape index (κ2) is 6.38. The van der Waals surface area contributed by atoms with Crippen molar-refractivity contribution < 1.29 is 0 Å². The molecule has 0 saturated carbocycles. The fourth-order valence-corrected chi connectivity index (χ4v) is 2.21. The van der Waals surface area contributed by atoms with Crippen LogP contribution in [0.15, 0.2) is 22.7 Å². The van der Waals surface area contributed by atoms with E-state index in [4.69, 9.17) is 5.73 Å². The van der Waals surface area contributed by atoms with E-state index in [1.165, 1.54) is 11.1 Å². The number of nitrogens with two attached hydrogens (primary N) is 1. The van der Waals surface area contributed by atoms with Crippen molar-refractivity contribution in [1.82, 2.24) is 4.90 Å². The van der Waals surface area contributed by atoms with Gasteiger partial charge >= 0.3 is 0 Å². The van der Waals surface area contributed by atoms with Gasteiger partial charge in [-0.3, -0.25) is 0 Å². The Morgan fingerprint density at radius 3 is 2.75 bits per heavy atom. The van der Waals surface area contributed by atoms with Crippen LogP contribution in [0.25, 0.3) is 0 Å². The van der Waals surface area contributed by atoms with Crippen LogP contribution in [-0.2, 0) is 6.42 Å². The third-order valence-electron chi connectivity index (χ3n) is 2.67. The molecule has 1 unspecified atom stereocenters. The average Bonchev–Trinajstić information content (AvgIpc) is 2.18. The maximum absolute atomic E-state index is 5.77. The monoisotopic (exact) mass is 284 g/mol. The highest BCUT2D eigenvalue weighted by molar-refractivity contribution is 9.10. The number of aryl methyl sites for hydroxylation is 1. The van der Waals surface area contributed by atoms with Crippen molar-refractivity contribution in [3.05, 3.63) is 33.8 Å². The number of halogens is 1. The smallest absolute Gasteiger partial charge is 0.0178 e. The molecule has 0 fully saturated rings. The summed E-state index contributed by atoms with van der Waals surface area (Å²) >= 11 is 3.51. The molecule has 0 saturated heterocycles. The number of likely N-dealkylation sites (N-methyl/N-ethyl adjacent to an activating group) is 1. The lowest BCUT2D eigenvalue weighted by molar-refractivity contribution is 0.321. The van der Waals surface area contributed by atoms with Gasteiger partial charge < -0.3 is 10.6 Å². The zero-order chi connectivity index (χ0) is 12.1. The van der Waals surface area contributed by atoms with Crippen LogP contribution in [0, 0.1) is 6.92 Å². The van der Waals surface area contributed by atoms with Gasteiger partial charge in [-0.1, -0.05) is 22.0 Å². The first-order valence-electron chi connectivity index (χ1n) is 5.68. The van der Waals surface area contributed by atoms with Crippen LogP contribution in [0.3, 0.4) is 0 Å². The van der Waals surface area contributed by atoms with Crippen LogP contribution in [0.1, 0.15) is 18.1 Å². The summed E-state index contributed by atoms with van der Waals surface area (Å²) in [6.45, 7) is 6.21. The number of hydrogen-bond donors (Lipinski definition) is 1. The van der Waals surface area contributed by atoms with E-state index in [1.54, 1.807) is 0 Å². The van der Waals surface area contributed by atoms with Crippen LogP contribution in [0.5, 0.6) is 0 Å². The molecule has 16 heavy (non-hydrogen) atoms. The van der Waals surface area contributed by atoms with Crippen molar-refractivity contribution in [2.24, 2.45) is 5.73 Å². The second-order valence-corrected chi connectivity index (χ2v) is 5.48. The summed E-state index contributed by atoms with van der Waals surface area (Å²) in [4.78, 5) is 2.28. The first-order valence-corrected chi connectivity index (χ1v) is 6.47. The third kappa shape index (κ3) is 4.64. The maximum atomic E-state index is 5.77. The number of benzene rings is 1. The molecule has 0 aliphatic rings. The Kier molecular flexibility index (Phi) is 5.46. The zero-order valence-corrected chi connectivity index (χ0v) is 11.9. The first-order chi connectivity index (χ1) is 7.49. The largest absolute Gasteiger partial charge is 0.327 e. The molecule has 0 bridgehead atoms. The molecule has 0 aliphatic heterocycles. The van der Waals surface area contributed by atoms with E-state index in [0.717, 1.165) is 24.0 Å². The van der Waals surface area contributed by atoms with E-state index in [2.05, 4.69) is 53.0 Å². The summed E-state index contributed by atoms with van der Waals surface area (Å²) in [5.41, 5.74) is 8.53. The Balaban J connectivity index is 2.51. The molecule has 2 nitrogen and oxygen atoms in total. The zero-order valence-electron chi connectivity index (χ0n) is 10.3. The predicted molar refractivity (Wildman–Crippen MR) is 73.7 cm³/mol. The predicted octanol–water partition coefficient (Wildman–Crippen LogP) is 2.58. The number of rotatable bonds is 5. The highest BCUT2D eigenvalue weighted by atomic mass is 79.9. The molecule has 0 heterocycles. The van der Waals surface area contributed by atoms with Crippen LogP contribution in [-0.4, -0.2) is 31.1 Å². The Morgan fingerprint density at radius 2 is 2.12 bits per heavy atom. The minimum Gasteiger partial charge on any atom is -0.327 e. The Labute approximate surface area is 107 Å². The second-order valence-electron chi connectivity index (χ2n) is 4.56. The van der Waals surface area contributed by atoms with Gasteiger partial charge in [0.15, 0.2) is 0 Å². The summed E-state index contributed by atoms with van der Waals surface area (Å²) in [5.74, 6) is 0. The van der Waals surface area contributed by atoms with Gasteiger partial charge in [0, 0.05) is 23.6 Å². The van der Waals surface area contributed by atoms with Gasteiger partial charge in [0.25, 0.3) is 0 Å². The maximum Gasteiger partial charge on any atom is 0.0178 e. The van der Waals surface area contributed by atoms with E-state index in [0.29, 0.717) is 0 Å². The van der Waals surface area contributed by atoms with Crippen LogP contribution in [0.4, 0.5) is 0 Å². The summed E-state index contributed by atoms with van der Waals surface area (Å²) in [6, 6.07) is 6.69. The number of hydrogen-bond acceptors (Lipinski definition) is 2. The van der Waals surface area contributed by atoms with Crippen molar-refractivity contribution >= 4 is 15.9 Å². The highest BCUT2D eigenvalue weighted by Crippen LogP contribution is 2.16. The van der Waals surface area contributed by atoms with E-state index >= 15 is 0 Å². The van der Waals surface area contributed by atoms with Gasteiger partial charge in [-0.25, -0.2) is 0 Å². The van der Waals surface area contributed by atoms with Crippen LogP contribution in [0.2, 0.25) is 0 Å². The normalized spacial score (nSPS) is 13.1. The molecule has 1 atom stereocenters. The molecule has 0 spiro atoms. The average molecular weight is 285 g/mol. The first kappa shape index (κ1) is 13.7. The van der Waals surface area contributed by atoms with Gasteiger partial charge in [0.1, 0.15) is 0 Å². The minimum atomic E-state index is 0.244. The molecule has 1 aromatic carbocycles. The quantitative estimate of drug-likeness (QED) is 0.901.